The first kappa shape index (κ1) is 5.27. The Labute approximate surface area is 58.7 Å². The van der Waals surface area contributed by atoms with E-state index in [2.05, 4.69) is 10.9 Å². The summed E-state index contributed by atoms with van der Waals surface area (Å²) in [5.74, 6) is 2.70. The van der Waals surface area contributed by atoms with Crippen LogP contribution in [-0.2, 0) is 0 Å². The maximum Gasteiger partial charge on any atom is 0.104 e. The number of benzene rings is 1. The monoisotopic (exact) mass is 130 g/mol. The fraction of sp³-hybridized carbons (Fsp3) is 0. The molecule has 48 valence electrons. The van der Waals surface area contributed by atoms with E-state index in [-0.39, 0.29) is 0 Å². The van der Waals surface area contributed by atoms with Crippen molar-refractivity contribution in [2.24, 2.45) is 10.7 Å². The van der Waals surface area contributed by atoms with Crippen molar-refractivity contribution >= 4 is 17.3 Å². The molecule has 0 radical (unpaired) electrons. The second kappa shape index (κ2) is 1.72. The van der Waals surface area contributed by atoms with Crippen LogP contribution in [0, 0.1) is 0 Å². The summed E-state index contributed by atoms with van der Waals surface area (Å²) in [4.78, 5) is 3.97. The molecule has 0 atom stereocenters. The normalized spacial score (nSPS) is 13.0. The number of fused-ring (bicyclic) bond motifs is 1. The average Bonchev–Trinajstić information content (AvgIpc) is 2.34. The molecule has 1 aromatic carbocycles. The minimum atomic E-state index is 0.635. The van der Waals surface area contributed by atoms with Gasteiger partial charge in [0.2, 0.25) is 0 Å². The molecule has 0 fully saturated rings. The average molecular weight is 130 g/mol. The van der Waals surface area contributed by atoms with Gasteiger partial charge in [-0.25, -0.2) is 4.99 Å². The fourth-order valence-electron chi connectivity index (χ4n) is 0.980. The Balaban J connectivity index is 2.70. The lowest BCUT2D eigenvalue weighted by Crippen LogP contribution is -1.92. The zero-order valence-corrected chi connectivity index (χ0v) is 5.33. The molecular formula is C8H6N2. The van der Waals surface area contributed by atoms with Crippen LogP contribution in [0.15, 0.2) is 29.3 Å². The van der Waals surface area contributed by atoms with E-state index >= 15 is 0 Å². The zero-order valence-electron chi connectivity index (χ0n) is 5.33. The highest BCUT2D eigenvalue weighted by molar-refractivity contribution is 5.97. The SMILES string of the molecule is NC1=C=Nc2ccccc21. The molecule has 1 aliphatic rings. The van der Waals surface area contributed by atoms with E-state index in [1.54, 1.807) is 0 Å². The molecule has 0 aromatic heterocycles. The Morgan fingerprint density at radius 2 is 2.10 bits per heavy atom. The van der Waals surface area contributed by atoms with Crippen LogP contribution in [-0.4, -0.2) is 5.87 Å². The summed E-state index contributed by atoms with van der Waals surface area (Å²) in [6, 6.07) is 7.73. The zero-order chi connectivity index (χ0) is 6.97. The maximum absolute atomic E-state index is 5.56. The van der Waals surface area contributed by atoms with Gasteiger partial charge in [-0.2, -0.15) is 0 Å². The van der Waals surface area contributed by atoms with Gasteiger partial charge < -0.3 is 5.73 Å². The number of aliphatic imine (C=N–C) groups is 1. The molecule has 2 rings (SSSR count). The molecule has 1 aromatic rings. The van der Waals surface area contributed by atoms with Crippen molar-refractivity contribution in [3.05, 3.63) is 29.8 Å². The van der Waals surface area contributed by atoms with Crippen LogP contribution >= 0.6 is 0 Å². The van der Waals surface area contributed by atoms with Gasteiger partial charge in [-0.05, 0) is 12.1 Å². The van der Waals surface area contributed by atoms with E-state index in [0.717, 1.165) is 11.3 Å². The van der Waals surface area contributed by atoms with Crippen LogP contribution in [0.25, 0.3) is 5.70 Å². The van der Waals surface area contributed by atoms with Crippen LogP contribution < -0.4 is 5.73 Å². The third-order valence-corrected chi connectivity index (χ3v) is 1.49. The molecule has 0 saturated carbocycles. The molecule has 10 heavy (non-hydrogen) atoms. The number of rotatable bonds is 0. The van der Waals surface area contributed by atoms with Gasteiger partial charge in [-0.15, -0.1) is 0 Å². The summed E-state index contributed by atoms with van der Waals surface area (Å²) >= 11 is 0. The summed E-state index contributed by atoms with van der Waals surface area (Å²) < 4.78 is 0. The smallest absolute Gasteiger partial charge is 0.104 e. The van der Waals surface area contributed by atoms with Crippen molar-refractivity contribution in [2.45, 2.75) is 0 Å². The fourth-order valence-corrected chi connectivity index (χ4v) is 0.980. The molecular weight excluding hydrogens is 124 g/mol. The van der Waals surface area contributed by atoms with Crippen LogP contribution in [0.5, 0.6) is 0 Å². The van der Waals surface area contributed by atoms with E-state index in [1.807, 2.05) is 24.3 Å². The highest BCUT2D eigenvalue weighted by atomic mass is 14.8. The second-order valence-corrected chi connectivity index (χ2v) is 2.15. The number of hydrogen-bond acceptors (Lipinski definition) is 2. The van der Waals surface area contributed by atoms with Gasteiger partial charge >= 0.3 is 0 Å². The molecule has 2 nitrogen and oxygen atoms in total. The van der Waals surface area contributed by atoms with E-state index in [4.69, 9.17) is 5.73 Å². The minimum absolute atomic E-state index is 0.635. The second-order valence-electron chi connectivity index (χ2n) is 2.15. The van der Waals surface area contributed by atoms with Crippen LogP contribution in [0.2, 0.25) is 0 Å². The first-order valence-electron chi connectivity index (χ1n) is 3.06. The van der Waals surface area contributed by atoms with Crippen molar-refractivity contribution < 1.29 is 0 Å². The van der Waals surface area contributed by atoms with Gasteiger partial charge in [0, 0.05) is 11.4 Å². The highest BCUT2D eigenvalue weighted by Crippen LogP contribution is 2.25. The maximum atomic E-state index is 5.56. The van der Waals surface area contributed by atoms with Crippen molar-refractivity contribution in [1.82, 2.24) is 0 Å². The lowest BCUT2D eigenvalue weighted by Gasteiger charge is -1.94. The van der Waals surface area contributed by atoms with Crippen molar-refractivity contribution in [3.8, 4) is 0 Å². The van der Waals surface area contributed by atoms with Crippen LogP contribution in [0.4, 0.5) is 5.69 Å². The molecule has 1 aliphatic heterocycles. The third-order valence-electron chi connectivity index (χ3n) is 1.49. The van der Waals surface area contributed by atoms with Gasteiger partial charge in [0.1, 0.15) is 5.70 Å². The Morgan fingerprint density at radius 1 is 1.30 bits per heavy atom. The predicted molar refractivity (Wildman–Crippen MR) is 41.1 cm³/mol. The van der Waals surface area contributed by atoms with Gasteiger partial charge in [0.25, 0.3) is 0 Å². The number of para-hydroxylation sites is 1. The molecule has 0 aliphatic carbocycles. The number of nitrogens with zero attached hydrogens (tertiary/aromatic N) is 1. The summed E-state index contributed by atoms with van der Waals surface area (Å²) in [6.07, 6.45) is 0. The minimum Gasteiger partial charge on any atom is -0.391 e. The summed E-state index contributed by atoms with van der Waals surface area (Å²) in [5.41, 5.74) is 8.10. The van der Waals surface area contributed by atoms with Crippen LogP contribution in [0.3, 0.4) is 0 Å². The molecule has 0 bridgehead atoms. The van der Waals surface area contributed by atoms with Crippen molar-refractivity contribution in [3.63, 3.8) is 0 Å². The first-order chi connectivity index (χ1) is 4.88. The topological polar surface area (TPSA) is 38.4 Å². The predicted octanol–water partition coefficient (Wildman–Crippen LogP) is 1.30. The van der Waals surface area contributed by atoms with Gasteiger partial charge in [-0.3, -0.25) is 0 Å². The Hall–Kier alpha value is -1.53. The van der Waals surface area contributed by atoms with E-state index < -0.39 is 0 Å². The molecule has 2 N–H and O–H groups in total. The Kier molecular flexibility index (Phi) is 0.908. The molecule has 0 saturated heterocycles. The third kappa shape index (κ3) is 0.567. The van der Waals surface area contributed by atoms with Crippen LogP contribution in [0.1, 0.15) is 5.56 Å². The summed E-state index contributed by atoms with van der Waals surface area (Å²) in [7, 11) is 0. The van der Waals surface area contributed by atoms with E-state index in [9.17, 15) is 0 Å². The summed E-state index contributed by atoms with van der Waals surface area (Å²) in [5, 5.41) is 0. The standard InChI is InChI=1S/C8H6N2/c9-7-5-10-8-4-2-1-3-6(7)8/h1-4H,9H2. The lowest BCUT2D eigenvalue weighted by atomic mass is 10.2. The molecule has 1 heterocycles. The van der Waals surface area contributed by atoms with Gasteiger partial charge in [0.05, 0.1) is 5.69 Å². The van der Waals surface area contributed by atoms with Gasteiger partial charge in [-0.1, -0.05) is 12.1 Å². The quantitative estimate of drug-likeness (QED) is 0.564. The highest BCUT2D eigenvalue weighted by Gasteiger charge is 2.06. The number of nitrogens with two attached hydrogens (primary N) is 1. The molecule has 0 unspecified atom stereocenters. The van der Waals surface area contributed by atoms with Crippen molar-refractivity contribution in [2.75, 3.05) is 0 Å². The van der Waals surface area contributed by atoms with Crippen molar-refractivity contribution in [1.29, 1.82) is 0 Å². The van der Waals surface area contributed by atoms with E-state index in [1.165, 1.54) is 0 Å². The molecule has 0 amide bonds. The first-order valence-corrected chi connectivity index (χ1v) is 3.06. The number of hydrogen-bond donors (Lipinski definition) is 1. The Morgan fingerprint density at radius 3 is 2.90 bits per heavy atom. The lowest BCUT2D eigenvalue weighted by molar-refractivity contribution is 1.51. The Bertz CT molecular complexity index is 333. The molecule has 2 heteroatoms. The van der Waals surface area contributed by atoms with Gasteiger partial charge in [0.15, 0.2) is 0 Å². The largest absolute Gasteiger partial charge is 0.391 e. The summed E-state index contributed by atoms with van der Waals surface area (Å²) in [6.45, 7) is 0. The molecule has 0 spiro atoms. The van der Waals surface area contributed by atoms with E-state index in [0.29, 0.717) is 5.70 Å².